The monoisotopic (exact) mass is 459 g/mol. The molecular formula is C24H20F3NO3S. The summed E-state index contributed by atoms with van der Waals surface area (Å²) in [6.45, 7) is 0.279. The molecule has 3 N–H and O–H groups in total. The number of nitrogens with two attached hydrogens (primary N) is 1. The van der Waals surface area contributed by atoms with Crippen LogP contribution in [-0.4, -0.2) is 22.9 Å². The van der Waals surface area contributed by atoms with Crippen LogP contribution in [0.4, 0.5) is 13.2 Å². The smallest absolute Gasteiger partial charge is 0.416 e. The first-order valence-corrected chi connectivity index (χ1v) is 10.8. The number of thioether (sulfide) groups is 1. The Morgan fingerprint density at radius 3 is 2.31 bits per heavy atom. The third-order valence-electron chi connectivity index (χ3n) is 5.46. The summed E-state index contributed by atoms with van der Waals surface area (Å²) in [6.07, 6.45) is -4.47. The Kier molecular flexibility index (Phi) is 5.92. The Morgan fingerprint density at radius 2 is 1.66 bits per heavy atom. The van der Waals surface area contributed by atoms with E-state index in [-0.39, 0.29) is 12.4 Å². The number of fused-ring (bicyclic) bond motifs is 2. The molecular weight excluding hydrogens is 439 g/mol. The van der Waals surface area contributed by atoms with E-state index in [1.165, 1.54) is 23.9 Å². The summed E-state index contributed by atoms with van der Waals surface area (Å²) in [4.78, 5) is 11.4. The first-order chi connectivity index (χ1) is 15.2. The maximum atomic E-state index is 13.2. The van der Waals surface area contributed by atoms with E-state index in [0.29, 0.717) is 11.3 Å². The molecule has 3 aromatic rings. The molecule has 2 atom stereocenters. The summed E-state index contributed by atoms with van der Waals surface area (Å²) >= 11 is 1.28. The van der Waals surface area contributed by atoms with Crippen molar-refractivity contribution in [1.29, 1.82) is 0 Å². The van der Waals surface area contributed by atoms with Crippen LogP contribution in [0.15, 0.2) is 72.8 Å². The Labute approximate surface area is 187 Å². The zero-order valence-corrected chi connectivity index (χ0v) is 17.6. The van der Waals surface area contributed by atoms with Gasteiger partial charge in [-0.2, -0.15) is 13.2 Å². The molecule has 0 spiro atoms. The van der Waals surface area contributed by atoms with Crippen LogP contribution >= 0.6 is 11.8 Å². The number of benzene rings is 3. The number of rotatable bonds is 5. The van der Waals surface area contributed by atoms with Crippen molar-refractivity contribution in [2.75, 3.05) is 5.75 Å². The van der Waals surface area contributed by atoms with Crippen LogP contribution in [-0.2, 0) is 22.3 Å². The summed E-state index contributed by atoms with van der Waals surface area (Å²) < 4.78 is 44.7. The number of hydrogen-bond acceptors (Lipinski definition) is 4. The quantitative estimate of drug-likeness (QED) is 0.560. The minimum absolute atomic E-state index is 0.0407. The lowest BCUT2D eigenvalue weighted by molar-refractivity contribution is -0.138. The Morgan fingerprint density at radius 1 is 1.03 bits per heavy atom. The number of alkyl halides is 3. The first kappa shape index (κ1) is 22.2. The maximum Gasteiger partial charge on any atom is 0.416 e. The highest BCUT2D eigenvalue weighted by Crippen LogP contribution is 2.54. The summed E-state index contributed by atoms with van der Waals surface area (Å²) in [5.41, 5.74) is 8.07. The summed E-state index contributed by atoms with van der Waals surface area (Å²) in [5.74, 6) is -0.523. The SMILES string of the molecule is N[C@@H](CSC1(c2ccc(C(F)(F)F)cc2)c2ccccc2COc2ccccc21)C(=O)O. The number of para-hydroxylation sites is 1. The van der Waals surface area contributed by atoms with Crippen molar-refractivity contribution in [3.05, 3.63) is 101 Å². The second-order valence-corrected chi connectivity index (χ2v) is 8.69. The number of aliphatic carboxylic acids is 1. The average Bonchev–Trinajstić information content (AvgIpc) is 2.92. The third-order valence-corrected chi connectivity index (χ3v) is 7.10. The van der Waals surface area contributed by atoms with Crippen LogP contribution in [0.5, 0.6) is 5.75 Å². The lowest BCUT2D eigenvalue weighted by Crippen LogP contribution is -2.36. The van der Waals surface area contributed by atoms with Gasteiger partial charge in [-0.1, -0.05) is 54.6 Å². The van der Waals surface area contributed by atoms with Gasteiger partial charge in [0.1, 0.15) is 18.4 Å². The summed E-state index contributed by atoms with van der Waals surface area (Å²) in [5, 5.41) is 9.35. The zero-order valence-electron chi connectivity index (χ0n) is 16.8. The molecule has 0 saturated carbocycles. The van der Waals surface area contributed by atoms with Crippen molar-refractivity contribution in [1.82, 2.24) is 0 Å². The molecule has 3 aromatic carbocycles. The second-order valence-electron chi connectivity index (χ2n) is 7.45. The molecule has 8 heteroatoms. The van der Waals surface area contributed by atoms with Crippen molar-refractivity contribution in [2.24, 2.45) is 5.73 Å². The van der Waals surface area contributed by atoms with Crippen LogP contribution < -0.4 is 10.5 Å². The van der Waals surface area contributed by atoms with Crippen molar-refractivity contribution in [3.63, 3.8) is 0 Å². The molecule has 0 saturated heterocycles. The standard InChI is InChI=1S/C24H20F3NO3S/c25-24(26,27)17-11-9-16(10-12-17)23(32-14-20(28)22(29)30)18-6-2-1-5-15(18)13-31-21-8-4-3-7-19(21)23/h1-12,20H,13-14,28H2,(H,29,30)/t20-,23?/m0/s1. The Hall–Kier alpha value is -2.97. The van der Waals surface area contributed by atoms with Crippen LogP contribution in [0.2, 0.25) is 0 Å². The van der Waals surface area contributed by atoms with Gasteiger partial charge in [0.15, 0.2) is 0 Å². The van der Waals surface area contributed by atoms with E-state index >= 15 is 0 Å². The van der Waals surface area contributed by atoms with Gasteiger partial charge in [-0.05, 0) is 34.9 Å². The molecule has 1 unspecified atom stereocenters. The van der Waals surface area contributed by atoms with Gasteiger partial charge in [-0.15, -0.1) is 11.8 Å². The van der Waals surface area contributed by atoms with Gasteiger partial charge in [0.05, 0.1) is 10.3 Å². The molecule has 32 heavy (non-hydrogen) atoms. The highest BCUT2D eigenvalue weighted by Gasteiger charge is 2.43. The molecule has 4 nitrogen and oxygen atoms in total. The highest BCUT2D eigenvalue weighted by molar-refractivity contribution is 8.00. The predicted molar refractivity (Wildman–Crippen MR) is 117 cm³/mol. The molecule has 0 fully saturated rings. The predicted octanol–water partition coefficient (Wildman–Crippen LogP) is 5.03. The van der Waals surface area contributed by atoms with Gasteiger partial charge in [0, 0.05) is 11.3 Å². The van der Waals surface area contributed by atoms with Crippen molar-refractivity contribution in [3.8, 4) is 5.75 Å². The molecule has 1 aliphatic heterocycles. The molecule has 0 amide bonds. The van der Waals surface area contributed by atoms with Gasteiger partial charge >= 0.3 is 12.1 Å². The van der Waals surface area contributed by atoms with Crippen LogP contribution in [0.25, 0.3) is 0 Å². The fourth-order valence-corrected chi connectivity index (χ4v) is 5.46. The van der Waals surface area contributed by atoms with Gasteiger partial charge in [0.2, 0.25) is 0 Å². The summed E-state index contributed by atoms with van der Waals surface area (Å²) in [7, 11) is 0. The van der Waals surface area contributed by atoms with Crippen molar-refractivity contribution < 1.29 is 27.8 Å². The second kappa shape index (κ2) is 8.52. The van der Waals surface area contributed by atoms with E-state index < -0.39 is 28.5 Å². The number of carboxylic acid groups (broad SMARTS) is 1. The Bertz CT molecular complexity index is 1080. The molecule has 1 aliphatic rings. The highest BCUT2D eigenvalue weighted by atomic mass is 32.2. The van der Waals surface area contributed by atoms with Crippen LogP contribution in [0.3, 0.4) is 0 Å². The first-order valence-electron chi connectivity index (χ1n) is 9.84. The molecule has 0 radical (unpaired) electrons. The largest absolute Gasteiger partial charge is 0.489 e. The van der Waals surface area contributed by atoms with E-state index in [4.69, 9.17) is 10.5 Å². The molecule has 1 heterocycles. The minimum Gasteiger partial charge on any atom is -0.489 e. The fraction of sp³-hybridized carbons (Fsp3) is 0.208. The number of ether oxygens (including phenoxy) is 1. The topological polar surface area (TPSA) is 72.5 Å². The van der Waals surface area contributed by atoms with E-state index in [1.54, 1.807) is 6.07 Å². The average molecular weight is 459 g/mol. The zero-order chi connectivity index (χ0) is 22.9. The van der Waals surface area contributed by atoms with E-state index in [0.717, 1.165) is 28.8 Å². The fourth-order valence-electron chi connectivity index (χ4n) is 3.90. The van der Waals surface area contributed by atoms with Crippen LogP contribution in [0, 0.1) is 0 Å². The van der Waals surface area contributed by atoms with E-state index in [1.807, 2.05) is 42.5 Å². The molecule has 0 aromatic heterocycles. The third kappa shape index (κ3) is 3.96. The lowest BCUT2D eigenvalue weighted by Gasteiger charge is -2.36. The van der Waals surface area contributed by atoms with E-state index in [9.17, 15) is 23.1 Å². The number of hydrogen-bond donors (Lipinski definition) is 2. The van der Waals surface area contributed by atoms with Crippen molar-refractivity contribution >= 4 is 17.7 Å². The number of halogens is 3. The van der Waals surface area contributed by atoms with Crippen molar-refractivity contribution in [2.45, 2.75) is 23.6 Å². The van der Waals surface area contributed by atoms with Gasteiger partial charge in [-0.3, -0.25) is 4.79 Å². The van der Waals surface area contributed by atoms with E-state index in [2.05, 4.69) is 0 Å². The number of carbonyl (C=O) groups is 1. The van der Waals surface area contributed by atoms with Gasteiger partial charge in [0.25, 0.3) is 0 Å². The summed E-state index contributed by atoms with van der Waals surface area (Å²) in [6, 6.07) is 18.7. The molecule has 0 bridgehead atoms. The normalized spacial score (nSPS) is 18.6. The minimum atomic E-state index is -4.47. The molecule has 4 rings (SSSR count). The number of carboxylic acids is 1. The maximum absolute atomic E-state index is 13.2. The van der Waals surface area contributed by atoms with Gasteiger partial charge in [-0.25, -0.2) is 0 Å². The Balaban J connectivity index is 1.98. The molecule has 0 aliphatic carbocycles. The van der Waals surface area contributed by atoms with Gasteiger partial charge < -0.3 is 15.6 Å². The lowest BCUT2D eigenvalue weighted by atomic mass is 9.81. The molecule has 166 valence electrons. The van der Waals surface area contributed by atoms with Crippen LogP contribution in [0.1, 0.15) is 27.8 Å².